The quantitative estimate of drug-likeness (QED) is 0.672. The fourth-order valence-electron chi connectivity index (χ4n) is 2.72. The topological polar surface area (TPSA) is 20.2 Å². The Kier molecular flexibility index (Phi) is 2.40. The summed E-state index contributed by atoms with van der Waals surface area (Å²) in [5.74, 6) is 0.851. The lowest BCUT2D eigenvalue weighted by Crippen LogP contribution is -2.39. The van der Waals surface area contributed by atoms with Crippen LogP contribution >= 0.6 is 0 Å². The van der Waals surface area contributed by atoms with Crippen LogP contribution in [0.4, 0.5) is 0 Å². The van der Waals surface area contributed by atoms with Gasteiger partial charge in [-0.1, -0.05) is 32.1 Å². The van der Waals surface area contributed by atoms with Crippen molar-refractivity contribution >= 4 is 0 Å². The molecule has 0 aromatic rings. The third-order valence-corrected chi connectivity index (χ3v) is 3.68. The van der Waals surface area contributed by atoms with Crippen LogP contribution in [-0.2, 0) is 0 Å². The van der Waals surface area contributed by atoms with E-state index in [4.69, 9.17) is 0 Å². The maximum atomic E-state index is 9.96. The van der Waals surface area contributed by atoms with Gasteiger partial charge in [-0.3, -0.25) is 0 Å². The highest BCUT2D eigenvalue weighted by Crippen LogP contribution is 2.40. The van der Waals surface area contributed by atoms with Crippen molar-refractivity contribution in [1.82, 2.24) is 0 Å². The van der Waals surface area contributed by atoms with E-state index in [0.717, 1.165) is 25.2 Å². The monoisotopic (exact) mass is 168 g/mol. The summed E-state index contributed by atoms with van der Waals surface area (Å²) in [6.45, 7) is 0. The van der Waals surface area contributed by atoms with Gasteiger partial charge in [-0.25, -0.2) is 0 Å². The first kappa shape index (κ1) is 8.55. The van der Waals surface area contributed by atoms with Crippen molar-refractivity contribution < 1.29 is 5.11 Å². The molecule has 1 N–H and O–H groups in total. The Labute approximate surface area is 75.2 Å². The van der Waals surface area contributed by atoms with E-state index in [2.05, 4.69) is 0 Å². The van der Waals surface area contributed by atoms with Crippen molar-refractivity contribution in [3.8, 4) is 0 Å². The fraction of sp³-hybridized carbons (Fsp3) is 1.00. The van der Waals surface area contributed by atoms with Crippen LogP contribution in [0.1, 0.15) is 57.8 Å². The molecule has 0 unspecified atom stereocenters. The van der Waals surface area contributed by atoms with Gasteiger partial charge >= 0.3 is 0 Å². The highest BCUT2D eigenvalue weighted by Gasteiger charge is 2.36. The highest BCUT2D eigenvalue weighted by atomic mass is 16.3. The Hall–Kier alpha value is -0.0400. The van der Waals surface area contributed by atoms with E-state index in [0.29, 0.717) is 0 Å². The van der Waals surface area contributed by atoms with Crippen molar-refractivity contribution in [3.63, 3.8) is 0 Å². The molecule has 0 aromatic carbocycles. The lowest BCUT2D eigenvalue weighted by atomic mass is 9.71. The second kappa shape index (κ2) is 3.37. The molecule has 0 amide bonds. The Balaban J connectivity index is 1.77. The summed E-state index contributed by atoms with van der Waals surface area (Å²) in [4.78, 5) is 0. The third-order valence-electron chi connectivity index (χ3n) is 3.68. The second-order valence-electron chi connectivity index (χ2n) is 4.79. The van der Waals surface area contributed by atoms with Gasteiger partial charge < -0.3 is 5.11 Å². The molecule has 0 spiro atoms. The smallest absolute Gasteiger partial charge is 0.0650 e. The maximum Gasteiger partial charge on any atom is 0.0650 e. The first-order chi connectivity index (χ1) is 5.79. The summed E-state index contributed by atoms with van der Waals surface area (Å²) in [6, 6.07) is 0. The molecule has 0 radical (unpaired) electrons. The minimum absolute atomic E-state index is 0.220. The molecule has 0 saturated heterocycles. The molecule has 2 saturated carbocycles. The third kappa shape index (κ3) is 1.82. The molecule has 2 rings (SSSR count). The predicted octanol–water partition coefficient (Wildman–Crippen LogP) is 2.87. The van der Waals surface area contributed by atoms with Crippen LogP contribution in [0.25, 0.3) is 0 Å². The van der Waals surface area contributed by atoms with Gasteiger partial charge in [0.25, 0.3) is 0 Å². The van der Waals surface area contributed by atoms with Gasteiger partial charge in [-0.05, 0) is 31.6 Å². The van der Waals surface area contributed by atoms with Crippen LogP contribution in [0, 0.1) is 5.92 Å². The summed E-state index contributed by atoms with van der Waals surface area (Å²) in [5, 5.41) is 9.96. The molecule has 0 atom stereocenters. The molecule has 2 fully saturated rings. The van der Waals surface area contributed by atoms with E-state index < -0.39 is 0 Å². The predicted molar refractivity (Wildman–Crippen MR) is 50.0 cm³/mol. The minimum Gasteiger partial charge on any atom is -0.390 e. The van der Waals surface area contributed by atoms with Gasteiger partial charge in [0.1, 0.15) is 0 Å². The maximum absolute atomic E-state index is 9.96. The van der Waals surface area contributed by atoms with Crippen LogP contribution in [0.3, 0.4) is 0 Å². The Bertz CT molecular complexity index is 143. The SMILES string of the molecule is OC1(CC2CCCCC2)CCC1. The average Bonchev–Trinajstić information content (AvgIpc) is 2.04. The molecular weight excluding hydrogens is 148 g/mol. The lowest BCUT2D eigenvalue weighted by Gasteiger charge is -2.40. The van der Waals surface area contributed by atoms with E-state index in [9.17, 15) is 5.11 Å². The molecule has 1 nitrogen and oxygen atoms in total. The van der Waals surface area contributed by atoms with Crippen LogP contribution in [0.15, 0.2) is 0 Å². The molecule has 0 aliphatic heterocycles. The van der Waals surface area contributed by atoms with Crippen molar-refractivity contribution in [2.24, 2.45) is 5.92 Å². The summed E-state index contributed by atoms with van der Waals surface area (Å²) in [6.07, 6.45) is 11.5. The van der Waals surface area contributed by atoms with Crippen molar-refractivity contribution in [2.75, 3.05) is 0 Å². The Morgan fingerprint density at radius 1 is 1.00 bits per heavy atom. The Morgan fingerprint density at radius 2 is 1.67 bits per heavy atom. The van der Waals surface area contributed by atoms with Crippen LogP contribution in [0.5, 0.6) is 0 Å². The van der Waals surface area contributed by atoms with Gasteiger partial charge in [0.05, 0.1) is 5.60 Å². The van der Waals surface area contributed by atoms with Gasteiger partial charge in [-0.2, -0.15) is 0 Å². The van der Waals surface area contributed by atoms with Crippen LogP contribution in [-0.4, -0.2) is 10.7 Å². The van der Waals surface area contributed by atoms with E-state index in [1.165, 1.54) is 38.5 Å². The highest BCUT2D eigenvalue weighted by molar-refractivity contribution is 4.89. The molecule has 0 bridgehead atoms. The van der Waals surface area contributed by atoms with E-state index in [-0.39, 0.29) is 5.60 Å². The normalized spacial score (nSPS) is 29.8. The minimum atomic E-state index is -0.220. The molecule has 12 heavy (non-hydrogen) atoms. The van der Waals surface area contributed by atoms with Gasteiger partial charge in [0.15, 0.2) is 0 Å². The van der Waals surface area contributed by atoms with E-state index in [1.807, 2.05) is 0 Å². The Morgan fingerprint density at radius 3 is 2.17 bits per heavy atom. The lowest BCUT2D eigenvalue weighted by molar-refractivity contribution is -0.0559. The zero-order valence-electron chi connectivity index (χ0n) is 7.89. The summed E-state index contributed by atoms with van der Waals surface area (Å²) in [7, 11) is 0. The first-order valence-corrected chi connectivity index (χ1v) is 5.51. The summed E-state index contributed by atoms with van der Waals surface area (Å²) < 4.78 is 0. The van der Waals surface area contributed by atoms with E-state index in [1.54, 1.807) is 0 Å². The van der Waals surface area contributed by atoms with Crippen LogP contribution < -0.4 is 0 Å². The largest absolute Gasteiger partial charge is 0.390 e. The van der Waals surface area contributed by atoms with Gasteiger partial charge in [0, 0.05) is 0 Å². The van der Waals surface area contributed by atoms with Crippen LogP contribution in [0.2, 0.25) is 0 Å². The summed E-state index contributed by atoms with van der Waals surface area (Å²) in [5.41, 5.74) is -0.220. The first-order valence-electron chi connectivity index (χ1n) is 5.51. The summed E-state index contributed by atoms with van der Waals surface area (Å²) >= 11 is 0. The second-order valence-corrected chi connectivity index (χ2v) is 4.79. The molecular formula is C11H20O. The zero-order valence-corrected chi connectivity index (χ0v) is 7.89. The molecule has 2 aliphatic carbocycles. The molecule has 1 heteroatoms. The van der Waals surface area contributed by atoms with Gasteiger partial charge in [0.2, 0.25) is 0 Å². The van der Waals surface area contributed by atoms with Crippen molar-refractivity contribution in [3.05, 3.63) is 0 Å². The number of hydrogen-bond donors (Lipinski definition) is 1. The molecule has 0 heterocycles. The van der Waals surface area contributed by atoms with Crippen molar-refractivity contribution in [1.29, 1.82) is 0 Å². The van der Waals surface area contributed by atoms with E-state index >= 15 is 0 Å². The fourth-order valence-corrected chi connectivity index (χ4v) is 2.72. The molecule has 0 aromatic heterocycles. The number of aliphatic hydroxyl groups is 1. The molecule has 2 aliphatic rings. The number of rotatable bonds is 2. The van der Waals surface area contributed by atoms with Crippen molar-refractivity contribution in [2.45, 2.75) is 63.4 Å². The zero-order chi connectivity index (χ0) is 8.44. The van der Waals surface area contributed by atoms with Gasteiger partial charge in [-0.15, -0.1) is 0 Å². The average molecular weight is 168 g/mol. The molecule has 70 valence electrons. The number of hydrogen-bond acceptors (Lipinski definition) is 1. The standard InChI is InChI=1S/C11H20O/c12-11(7-4-8-11)9-10-5-2-1-3-6-10/h10,12H,1-9H2.